The molecule has 0 aliphatic rings. The molecule has 3 aromatic rings. The Morgan fingerprint density at radius 2 is 1.57 bits per heavy atom. The minimum absolute atomic E-state index is 0.168. The maximum absolute atomic E-state index is 11.9. The molecule has 0 aliphatic heterocycles. The average Bonchev–Trinajstić information content (AvgIpc) is 2.70. The Morgan fingerprint density at radius 3 is 2.36 bits per heavy atom. The molecule has 2 amide bonds. The molecule has 142 valence electrons. The van der Waals surface area contributed by atoms with Crippen molar-refractivity contribution in [1.29, 1.82) is 0 Å². The quantitative estimate of drug-likeness (QED) is 0.614. The zero-order valence-corrected chi connectivity index (χ0v) is 14.9. The molecule has 0 fully saturated rings. The lowest BCUT2D eigenvalue weighted by Crippen LogP contribution is -2.25. The summed E-state index contributed by atoms with van der Waals surface area (Å²) in [4.78, 5) is 35.1. The predicted molar refractivity (Wildman–Crippen MR) is 104 cm³/mol. The highest BCUT2D eigenvalue weighted by Crippen LogP contribution is 2.20. The summed E-state index contributed by atoms with van der Waals surface area (Å²) in [6.45, 7) is -0.837. The molecular weight excluding hydrogens is 360 g/mol. The van der Waals surface area contributed by atoms with Gasteiger partial charge in [0.1, 0.15) is 5.75 Å². The summed E-state index contributed by atoms with van der Waals surface area (Å²) < 4.78 is 10.3. The minimum atomic E-state index is -0.688. The number of primary amides is 1. The van der Waals surface area contributed by atoms with E-state index in [0.717, 1.165) is 10.8 Å². The van der Waals surface area contributed by atoms with Gasteiger partial charge in [0, 0.05) is 0 Å². The molecule has 0 saturated heterocycles. The summed E-state index contributed by atoms with van der Waals surface area (Å²) in [7, 11) is 0. The van der Waals surface area contributed by atoms with E-state index >= 15 is 0 Å². The van der Waals surface area contributed by atoms with Crippen LogP contribution < -0.4 is 15.8 Å². The summed E-state index contributed by atoms with van der Waals surface area (Å²) in [5.41, 5.74) is 5.67. The van der Waals surface area contributed by atoms with Gasteiger partial charge in [-0.05, 0) is 35.0 Å². The lowest BCUT2D eigenvalue weighted by Gasteiger charge is -2.10. The van der Waals surface area contributed by atoms with Gasteiger partial charge in [-0.25, -0.2) is 4.79 Å². The highest BCUT2D eigenvalue weighted by atomic mass is 16.6. The van der Waals surface area contributed by atoms with Crippen LogP contribution in [0.4, 0.5) is 5.69 Å². The normalized spacial score (nSPS) is 10.3. The molecule has 0 atom stereocenters. The summed E-state index contributed by atoms with van der Waals surface area (Å²) in [5.74, 6) is -1.42. The average molecular weight is 378 g/mol. The van der Waals surface area contributed by atoms with Gasteiger partial charge in [0.05, 0.1) is 11.3 Å². The molecule has 3 aromatic carbocycles. The predicted octanol–water partition coefficient (Wildman–Crippen LogP) is 2.50. The third kappa shape index (κ3) is 4.85. The SMILES string of the molecule is NC(=O)c1ccccc1NC(=O)COC(=O)COc1ccc2ccccc2c1. The molecule has 0 aliphatic carbocycles. The second-order valence-corrected chi connectivity index (χ2v) is 5.92. The maximum atomic E-state index is 11.9. The van der Waals surface area contributed by atoms with Crippen LogP contribution in [0.2, 0.25) is 0 Å². The molecule has 0 heterocycles. The summed E-state index contributed by atoms with van der Waals surface area (Å²) in [6.07, 6.45) is 0. The van der Waals surface area contributed by atoms with E-state index in [4.69, 9.17) is 15.2 Å². The number of rotatable bonds is 7. The second-order valence-electron chi connectivity index (χ2n) is 5.92. The van der Waals surface area contributed by atoms with E-state index in [2.05, 4.69) is 5.32 Å². The van der Waals surface area contributed by atoms with Crippen LogP contribution >= 0.6 is 0 Å². The van der Waals surface area contributed by atoms with Crippen LogP contribution in [0, 0.1) is 0 Å². The van der Waals surface area contributed by atoms with Crippen molar-refractivity contribution in [3.05, 3.63) is 72.3 Å². The Hall–Kier alpha value is -3.87. The van der Waals surface area contributed by atoms with Crippen molar-refractivity contribution in [2.24, 2.45) is 5.73 Å². The molecule has 0 saturated carbocycles. The van der Waals surface area contributed by atoms with Crippen molar-refractivity contribution in [2.45, 2.75) is 0 Å². The monoisotopic (exact) mass is 378 g/mol. The topological polar surface area (TPSA) is 108 Å². The number of benzene rings is 3. The molecule has 3 rings (SSSR count). The number of carbonyl (C=O) groups is 3. The number of nitrogens with one attached hydrogen (secondary N) is 1. The smallest absolute Gasteiger partial charge is 0.344 e. The number of hydrogen-bond acceptors (Lipinski definition) is 5. The number of anilines is 1. The number of ether oxygens (including phenoxy) is 2. The Morgan fingerprint density at radius 1 is 0.857 bits per heavy atom. The number of amides is 2. The van der Waals surface area contributed by atoms with Crippen molar-refractivity contribution >= 4 is 34.2 Å². The van der Waals surface area contributed by atoms with Gasteiger partial charge in [0.25, 0.3) is 11.8 Å². The van der Waals surface area contributed by atoms with E-state index < -0.39 is 24.4 Å². The van der Waals surface area contributed by atoms with Crippen LogP contribution in [0.1, 0.15) is 10.4 Å². The third-order valence-corrected chi connectivity index (χ3v) is 3.91. The van der Waals surface area contributed by atoms with Crippen LogP contribution in [0.25, 0.3) is 10.8 Å². The van der Waals surface area contributed by atoms with Crippen molar-refractivity contribution < 1.29 is 23.9 Å². The molecule has 0 aromatic heterocycles. The van der Waals surface area contributed by atoms with E-state index in [0.29, 0.717) is 5.75 Å². The first-order valence-corrected chi connectivity index (χ1v) is 8.49. The maximum Gasteiger partial charge on any atom is 0.344 e. The fourth-order valence-electron chi connectivity index (χ4n) is 2.58. The number of fused-ring (bicyclic) bond motifs is 1. The fraction of sp³-hybridized carbons (Fsp3) is 0.0952. The molecule has 0 bridgehead atoms. The van der Waals surface area contributed by atoms with Gasteiger partial charge in [-0.1, -0.05) is 42.5 Å². The van der Waals surface area contributed by atoms with Crippen molar-refractivity contribution in [3.8, 4) is 5.75 Å². The van der Waals surface area contributed by atoms with Gasteiger partial charge in [-0.3, -0.25) is 9.59 Å². The Balaban J connectivity index is 1.48. The zero-order valence-electron chi connectivity index (χ0n) is 14.9. The molecular formula is C21H18N2O5. The number of para-hydroxylation sites is 1. The van der Waals surface area contributed by atoms with Crippen LogP contribution in [0.3, 0.4) is 0 Å². The van der Waals surface area contributed by atoms with Crippen LogP contribution in [0.15, 0.2) is 66.7 Å². The highest BCUT2D eigenvalue weighted by Gasteiger charge is 2.12. The molecule has 28 heavy (non-hydrogen) atoms. The van der Waals surface area contributed by atoms with Gasteiger partial charge in [-0.2, -0.15) is 0 Å². The first-order valence-electron chi connectivity index (χ1n) is 8.49. The van der Waals surface area contributed by atoms with Gasteiger partial charge in [0.2, 0.25) is 0 Å². The molecule has 0 unspecified atom stereocenters. The summed E-state index contributed by atoms with van der Waals surface area (Å²) in [6, 6.07) is 19.5. The Labute approximate surface area is 161 Å². The molecule has 0 radical (unpaired) electrons. The fourth-order valence-corrected chi connectivity index (χ4v) is 2.58. The van der Waals surface area contributed by atoms with Crippen molar-refractivity contribution in [3.63, 3.8) is 0 Å². The Kier molecular flexibility index (Phi) is 5.86. The van der Waals surface area contributed by atoms with E-state index in [9.17, 15) is 14.4 Å². The first kappa shape index (κ1) is 18.9. The third-order valence-electron chi connectivity index (χ3n) is 3.91. The van der Waals surface area contributed by atoms with Gasteiger partial charge < -0.3 is 20.5 Å². The van der Waals surface area contributed by atoms with Crippen molar-refractivity contribution in [1.82, 2.24) is 0 Å². The molecule has 3 N–H and O–H groups in total. The van der Waals surface area contributed by atoms with Gasteiger partial charge in [0.15, 0.2) is 13.2 Å². The summed E-state index contributed by atoms with van der Waals surface area (Å²) in [5, 5.41) is 4.53. The lowest BCUT2D eigenvalue weighted by atomic mass is 10.1. The largest absolute Gasteiger partial charge is 0.482 e. The number of hydrogen-bond donors (Lipinski definition) is 2. The van der Waals surface area contributed by atoms with Crippen molar-refractivity contribution in [2.75, 3.05) is 18.5 Å². The van der Waals surface area contributed by atoms with E-state index in [-0.39, 0.29) is 17.9 Å². The Bertz CT molecular complexity index is 1030. The standard InChI is InChI=1S/C21H18N2O5/c22-21(26)17-7-3-4-8-18(17)23-19(24)12-28-20(25)13-27-16-10-9-14-5-1-2-6-15(14)11-16/h1-11H,12-13H2,(H2,22,26)(H,23,24). The van der Waals surface area contributed by atoms with E-state index in [1.54, 1.807) is 18.2 Å². The highest BCUT2D eigenvalue weighted by molar-refractivity contribution is 6.03. The first-order chi connectivity index (χ1) is 13.5. The zero-order chi connectivity index (χ0) is 19.9. The molecule has 0 spiro atoms. The number of nitrogens with two attached hydrogens (primary N) is 1. The minimum Gasteiger partial charge on any atom is -0.482 e. The van der Waals surface area contributed by atoms with E-state index in [1.165, 1.54) is 12.1 Å². The summed E-state index contributed by atoms with van der Waals surface area (Å²) >= 11 is 0. The van der Waals surface area contributed by atoms with Crippen LogP contribution in [-0.4, -0.2) is 31.0 Å². The van der Waals surface area contributed by atoms with Crippen LogP contribution in [0.5, 0.6) is 5.75 Å². The van der Waals surface area contributed by atoms with Crippen LogP contribution in [-0.2, 0) is 14.3 Å². The second kappa shape index (κ2) is 8.68. The van der Waals surface area contributed by atoms with Gasteiger partial charge >= 0.3 is 5.97 Å². The number of carbonyl (C=O) groups excluding carboxylic acids is 3. The van der Waals surface area contributed by atoms with Gasteiger partial charge in [-0.15, -0.1) is 0 Å². The number of esters is 1. The van der Waals surface area contributed by atoms with E-state index in [1.807, 2.05) is 36.4 Å². The lowest BCUT2D eigenvalue weighted by molar-refractivity contribution is -0.149. The molecule has 7 nitrogen and oxygen atoms in total. The molecule has 7 heteroatoms.